The van der Waals surface area contributed by atoms with Crippen molar-refractivity contribution in [1.29, 1.82) is 0 Å². The first kappa shape index (κ1) is 14.2. The summed E-state index contributed by atoms with van der Waals surface area (Å²) in [6.07, 6.45) is 7.10. The second kappa shape index (κ2) is 6.19. The zero-order chi connectivity index (χ0) is 12.9. The summed E-state index contributed by atoms with van der Waals surface area (Å²) in [5, 5.41) is 2.61. The molecule has 1 fully saturated rings. The maximum atomic E-state index is 11.5. The highest BCUT2D eigenvalue weighted by atomic mass is 32.2. The van der Waals surface area contributed by atoms with Crippen molar-refractivity contribution in [1.82, 2.24) is 5.32 Å². The van der Waals surface area contributed by atoms with Gasteiger partial charge in [-0.1, -0.05) is 12.5 Å². The van der Waals surface area contributed by atoms with E-state index in [2.05, 4.69) is 11.9 Å². The molecule has 0 heterocycles. The first-order chi connectivity index (χ1) is 7.93. The van der Waals surface area contributed by atoms with Crippen molar-refractivity contribution < 1.29 is 13.2 Å². The van der Waals surface area contributed by atoms with Crippen molar-refractivity contribution in [3.8, 4) is 0 Å². The molecule has 1 aliphatic rings. The molecule has 98 valence electrons. The molecule has 1 aliphatic carbocycles. The van der Waals surface area contributed by atoms with E-state index in [9.17, 15) is 13.2 Å². The molecule has 17 heavy (non-hydrogen) atoms. The molecule has 0 spiro atoms. The van der Waals surface area contributed by atoms with Gasteiger partial charge in [0.05, 0.1) is 5.25 Å². The van der Waals surface area contributed by atoms with E-state index >= 15 is 0 Å². The van der Waals surface area contributed by atoms with Gasteiger partial charge < -0.3 is 5.32 Å². The molecule has 0 aromatic rings. The molecule has 1 N–H and O–H groups in total. The number of carbonyl (C=O) groups is 1. The fourth-order valence-corrected chi connectivity index (χ4v) is 3.37. The van der Waals surface area contributed by atoms with Crippen molar-refractivity contribution in [2.75, 3.05) is 6.26 Å². The van der Waals surface area contributed by atoms with Crippen LogP contribution in [-0.2, 0) is 14.6 Å². The van der Waals surface area contributed by atoms with Gasteiger partial charge in [0, 0.05) is 18.7 Å². The van der Waals surface area contributed by atoms with Crippen LogP contribution in [-0.4, -0.2) is 31.9 Å². The van der Waals surface area contributed by atoms with Gasteiger partial charge in [0.1, 0.15) is 9.84 Å². The molecule has 0 aromatic heterocycles. The summed E-state index contributed by atoms with van der Waals surface area (Å²) >= 11 is 0. The van der Waals surface area contributed by atoms with Gasteiger partial charge in [0.25, 0.3) is 0 Å². The average Bonchev–Trinajstić information content (AvgIpc) is 2.25. The topological polar surface area (TPSA) is 63.2 Å². The van der Waals surface area contributed by atoms with E-state index in [1.54, 1.807) is 6.08 Å². The lowest BCUT2D eigenvalue weighted by atomic mass is 9.95. The summed E-state index contributed by atoms with van der Waals surface area (Å²) in [5.74, 6) is -0.0101. The molecule has 0 saturated heterocycles. The largest absolute Gasteiger partial charge is 0.353 e. The van der Waals surface area contributed by atoms with E-state index in [-0.39, 0.29) is 17.2 Å². The third-order valence-electron chi connectivity index (χ3n) is 3.17. The molecule has 2 atom stereocenters. The summed E-state index contributed by atoms with van der Waals surface area (Å²) in [6, 6.07) is 0.0146. The van der Waals surface area contributed by atoms with E-state index in [1.807, 2.05) is 0 Å². The number of rotatable bonds is 5. The smallest absolute Gasteiger partial charge is 0.220 e. The Labute approximate surface area is 103 Å². The number of amides is 1. The standard InChI is InChI=1S/C12H21NO3S/c1-3-4-8-12(14)13-10-6-5-7-11(9-10)17(2,15)16/h3,10-11H,1,4-9H2,2H3,(H,13,14)/t10-,11-/m1/s1. The fraction of sp³-hybridized carbons (Fsp3) is 0.750. The van der Waals surface area contributed by atoms with Crippen LogP contribution in [0.2, 0.25) is 0 Å². The molecule has 0 radical (unpaired) electrons. The van der Waals surface area contributed by atoms with Crippen molar-refractivity contribution >= 4 is 15.7 Å². The summed E-state index contributed by atoms with van der Waals surface area (Å²) < 4.78 is 22.9. The van der Waals surface area contributed by atoms with E-state index in [0.29, 0.717) is 19.3 Å². The zero-order valence-corrected chi connectivity index (χ0v) is 11.1. The third-order valence-corrected chi connectivity index (χ3v) is 4.81. The highest BCUT2D eigenvalue weighted by molar-refractivity contribution is 7.91. The quantitative estimate of drug-likeness (QED) is 0.760. The number of carbonyl (C=O) groups excluding carboxylic acids is 1. The van der Waals surface area contributed by atoms with Gasteiger partial charge in [-0.05, 0) is 25.7 Å². The van der Waals surface area contributed by atoms with E-state index in [4.69, 9.17) is 0 Å². The number of sulfone groups is 1. The first-order valence-electron chi connectivity index (χ1n) is 6.02. The Kier molecular flexibility index (Phi) is 5.18. The molecule has 0 unspecified atom stereocenters. The van der Waals surface area contributed by atoms with Crippen LogP contribution in [0.5, 0.6) is 0 Å². The second-order valence-electron chi connectivity index (χ2n) is 4.71. The Morgan fingerprint density at radius 2 is 2.18 bits per heavy atom. The number of hydrogen-bond donors (Lipinski definition) is 1. The molecule has 0 aliphatic heterocycles. The minimum atomic E-state index is -2.98. The molecule has 1 rings (SSSR count). The molecule has 5 heteroatoms. The van der Waals surface area contributed by atoms with Crippen molar-refractivity contribution in [2.45, 2.75) is 49.8 Å². The second-order valence-corrected chi connectivity index (χ2v) is 7.04. The summed E-state index contributed by atoms with van der Waals surface area (Å²) in [7, 11) is -2.98. The normalized spacial score (nSPS) is 25.2. The maximum Gasteiger partial charge on any atom is 0.220 e. The predicted molar refractivity (Wildman–Crippen MR) is 68.5 cm³/mol. The Hall–Kier alpha value is -0.840. The van der Waals surface area contributed by atoms with Gasteiger partial charge in [-0.3, -0.25) is 4.79 Å². The van der Waals surface area contributed by atoms with Crippen LogP contribution in [0, 0.1) is 0 Å². The highest BCUT2D eigenvalue weighted by Crippen LogP contribution is 2.23. The van der Waals surface area contributed by atoms with Crippen LogP contribution in [0.25, 0.3) is 0 Å². The van der Waals surface area contributed by atoms with E-state index in [1.165, 1.54) is 6.26 Å². The molecule has 1 saturated carbocycles. The lowest BCUT2D eigenvalue weighted by molar-refractivity contribution is -0.121. The number of hydrogen-bond acceptors (Lipinski definition) is 3. The monoisotopic (exact) mass is 259 g/mol. The maximum absolute atomic E-state index is 11.5. The van der Waals surface area contributed by atoms with Crippen LogP contribution in [0.3, 0.4) is 0 Å². The van der Waals surface area contributed by atoms with Gasteiger partial charge >= 0.3 is 0 Å². The highest BCUT2D eigenvalue weighted by Gasteiger charge is 2.29. The molecule has 4 nitrogen and oxygen atoms in total. The summed E-state index contributed by atoms with van der Waals surface area (Å²) in [5.41, 5.74) is 0. The van der Waals surface area contributed by atoms with Gasteiger partial charge in [-0.15, -0.1) is 6.58 Å². The van der Waals surface area contributed by atoms with Crippen LogP contribution >= 0.6 is 0 Å². The summed E-state index contributed by atoms with van der Waals surface area (Å²) in [6.45, 7) is 3.56. The number of nitrogens with one attached hydrogen (secondary N) is 1. The number of allylic oxidation sites excluding steroid dienone is 1. The SMILES string of the molecule is C=CCCC(=O)N[C@@H]1CCC[C@@H](S(C)(=O)=O)C1. The molecule has 0 bridgehead atoms. The molecular formula is C12H21NO3S. The third kappa shape index (κ3) is 4.89. The molecular weight excluding hydrogens is 238 g/mol. The zero-order valence-electron chi connectivity index (χ0n) is 10.3. The minimum absolute atomic E-state index is 0.0101. The predicted octanol–water partition coefficient (Wildman–Crippen LogP) is 1.42. The first-order valence-corrected chi connectivity index (χ1v) is 7.98. The van der Waals surface area contributed by atoms with Gasteiger partial charge in [0.2, 0.25) is 5.91 Å². The van der Waals surface area contributed by atoms with E-state index < -0.39 is 9.84 Å². The van der Waals surface area contributed by atoms with Crippen LogP contribution in [0.4, 0.5) is 0 Å². The van der Waals surface area contributed by atoms with E-state index in [0.717, 1.165) is 19.3 Å². The van der Waals surface area contributed by atoms with Crippen LogP contribution in [0.1, 0.15) is 38.5 Å². The Morgan fingerprint density at radius 1 is 1.47 bits per heavy atom. The van der Waals surface area contributed by atoms with Crippen molar-refractivity contribution in [3.05, 3.63) is 12.7 Å². The van der Waals surface area contributed by atoms with Crippen molar-refractivity contribution in [3.63, 3.8) is 0 Å². The summed E-state index contributed by atoms with van der Waals surface area (Å²) in [4.78, 5) is 11.5. The molecule has 1 amide bonds. The lowest BCUT2D eigenvalue weighted by Crippen LogP contribution is -2.41. The minimum Gasteiger partial charge on any atom is -0.353 e. The van der Waals surface area contributed by atoms with Gasteiger partial charge in [-0.2, -0.15) is 0 Å². The lowest BCUT2D eigenvalue weighted by Gasteiger charge is -2.28. The van der Waals surface area contributed by atoms with Crippen molar-refractivity contribution in [2.24, 2.45) is 0 Å². The molecule has 0 aromatic carbocycles. The Balaban J connectivity index is 2.45. The van der Waals surface area contributed by atoms with Crippen LogP contribution in [0.15, 0.2) is 12.7 Å². The average molecular weight is 259 g/mol. The Morgan fingerprint density at radius 3 is 2.76 bits per heavy atom. The Bertz CT molecular complexity index is 375. The van der Waals surface area contributed by atoms with Gasteiger partial charge in [0.15, 0.2) is 0 Å². The van der Waals surface area contributed by atoms with Crippen LogP contribution < -0.4 is 5.32 Å². The fourth-order valence-electron chi connectivity index (χ4n) is 2.20. The van der Waals surface area contributed by atoms with Gasteiger partial charge in [-0.25, -0.2) is 8.42 Å².